The lowest BCUT2D eigenvalue weighted by atomic mass is 10.2. The SMILES string of the molecule is O=C1NC(=O)/C(=C/c2cnn3c(NCC4CC4)cc(N[C@H]4CCCC4O)nc23)N1. The molecule has 2 atom stereocenters. The Hall–Kier alpha value is -3.14. The molecule has 3 heterocycles. The maximum Gasteiger partial charge on any atom is 0.326 e. The Morgan fingerprint density at radius 1 is 1.24 bits per heavy atom. The largest absolute Gasteiger partial charge is 0.391 e. The number of aliphatic hydroxyl groups is 1. The van der Waals surface area contributed by atoms with Crippen LogP contribution >= 0.6 is 0 Å². The van der Waals surface area contributed by atoms with Crippen LogP contribution in [0.1, 0.15) is 37.7 Å². The summed E-state index contributed by atoms with van der Waals surface area (Å²) in [5.41, 5.74) is 1.33. The van der Waals surface area contributed by atoms with Crippen LogP contribution in [-0.4, -0.2) is 50.3 Å². The van der Waals surface area contributed by atoms with Gasteiger partial charge in [-0.1, -0.05) is 0 Å². The first-order valence-corrected chi connectivity index (χ1v) is 9.98. The van der Waals surface area contributed by atoms with Crippen LogP contribution in [0, 0.1) is 5.92 Å². The van der Waals surface area contributed by atoms with Crippen molar-refractivity contribution < 1.29 is 14.7 Å². The van der Waals surface area contributed by atoms with Gasteiger partial charge in [-0.3, -0.25) is 10.1 Å². The fourth-order valence-corrected chi connectivity index (χ4v) is 3.79. The maximum absolute atomic E-state index is 11.9. The van der Waals surface area contributed by atoms with Crippen molar-refractivity contribution in [1.82, 2.24) is 25.2 Å². The van der Waals surface area contributed by atoms with E-state index in [1.54, 1.807) is 16.8 Å². The molecule has 10 nitrogen and oxygen atoms in total. The molecule has 2 aromatic heterocycles. The maximum atomic E-state index is 11.9. The van der Waals surface area contributed by atoms with Crippen molar-refractivity contribution in [2.24, 2.45) is 5.92 Å². The van der Waals surface area contributed by atoms with Crippen LogP contribution in [0.4, 0.5) is 16.4 Å². The third kappa shape index (κ3) is 3.63. The summed E-state index contributed by atoms with van der Waals surface area (Å²) in [6.07, 6.45) is 7.90. The number of anilines is 2. The first-order valence-electron chi connectivity index (χ1n) is 9.98. The summed E-state index contributed by atoms with van der Waals surface area (Å²) < 4.78 is 1.69. The Morgan fingerprint density at radius 3 is 2.79 bits per heavy atom. The Bertz CT molecular complexity index is 1010. The molecule has 29 heavy (non-hydrogen) atoms. The summed E-state index contributed by atoms with van der Waals surface area (Å²) in [6, 6.07) is 1.31. The van der Waals surface area contributed by atoms with Crippen molar-refractivity contribution in [3.05, 3.63) is 23.5 Å². The van der Waals surface area contributed by atoms with Crippen molar-refractivity contribution >= 4 is 35.3 Å². The van der Waals surface area contributed by atoms with Crippen LogP contribution in [0.15, 0.2) is 18.0 Å². The summed E-state index contributed by atoms with van der Waals surface area (Å²) >= 11 is 0. The zero-order chi connectivity index (χ0) is 20.0. The highest BCUT2D eigenvalue weighted by atomic mass is 16.3. The number of rotatable bonds is 6. The van der Waals surface area contributed by atoms with Gasteiger partial charge < -0.3 is 21.1 Å². The van der Waals surface area contributed by atoms with Crippen LogP contribution in [0.3, 0.4) is 0 Å². The monoisotopic (exact) mass is 397 g/mol. The average Bonchev–Trinajstić information content (AvgIpc) is 3.18. The van der Waals surface area contributed by atoms with E-state index < -0.39 is 11.9 Å². The minimum absolute atomic E-state index is 0.0362. The average molecular weight is 397 g/mol. The van der Waals surface area contributed by atoms with E-state index in [2.05, 4.69) is 31.3 Å². The van der Waals surface area contributed by atoms with E-state index in [-0.39, 0.29) is 17.8 Å². The normalized spacial score (nSPS) is 25.5. The molecule has 0 spiro atoms. The molecule has 10 heteroatoms. The number of carbonyl (C=O) groups excluding carboxylic acids is 2. The molecule has 1 saturated heterocycles. The summed E-state index contributed by atoms with van der Waals surface area (Å²) in [6.45, 7) is 0.860. The van der Waals surface area contributed by atoms with Gasteiger partial charge in [0.1, 0.15) is 17.3 Å². The third-order valence-electron chi connectivity index (χ3n) is 5.60. The van der Waals surface area contributed by atoms with E-state index in [1.807, 2.05) is 6.07 Å². The van der Waals surface area contributed by atoms with Gasteiger partial charge in [-0.05, 0) is 44.1 Å². The summed E-state index contributed by atoms with van der Waals surface area (Å²) in [5, 5.41) is 26.0. The molecule has 0 aromatic carbocycles. The molecule has 0 bridgehead atoms. The minimum Gasteiger partial charge on any atom is -0.391 e. The van der Waals surface area contributed by atoms with Gasteiger partial charge in [0.2, 0.25) is 0 Å². The van der Waals surface area contributed by atoms with Gasteiger partial charge in [-0.2, -0.15) is 9.61 Å². The van der Waals surface area contributed by atoms with Crippen molar-refractivity contribution in [2.45, 2.75) is 44.2 Å². The first kappa shape index (κ1) is 17.9. The van der Waals surface area contributed by atoms with Gasteiger partial charge in [-0.15, -0.1) is 0 Å². The molecular formula is C19H23N7O3. The zero-order valence-corrected chi connectivity index (χ0v) is 15.8. The Labute approximate surface area is 166 Å². The predicted octanol–water partition coefficient (Wildman–Crippen LogP) is 1.06. The number of hydrogen-bond donors (Lipinski definition) is 5. The molecule has 2 aromatic rings. The van der Waals surface area contributed by atoms with E-state index >= 15 is 0 Å². The molecule has 1 unspecified atom stereocenters. The van der Waals surface area contributed by atoms with E-state index in [0.717, 1.165) is 31.6 Å². The third-order valence-corrected chi connectivity index (χ3v) is 5.60. The molecule has 152 valence electrons. The second-order valence-corrected chi connectivity index (χ2v) is 7.90. The molecule has 3 fully saturated rings. The molecular weight excluding hydrogens is 374 g/mol. The number of carbonyl (C=O) groups is 2. The van der Waals surface area contributed by atoms with Gasteiger partial charge in [0, 0.05) is 18.2 Å². The van der Waals surface area contributed by atoms with Crippen LogP contribution < -0.4 is 21.3 Å². The Kier molecular flexibility index (Phi) is 4.35. The number of nitrogens with zero attached hydrogens (tertiary/aromatic N) is 3. The van der Waals surface area contributed by atoms with Gasteiger partial charge >= 0.3 is 6.03 Å². The van der Waals surface area contributed by atoms with E-state index in [0.29, 0.717) is 22.9 Å². The van der Waals surface area contributed by atoms with Crippen LogP contribution in [0.2, 0.25) is 0 Å². The molecule has 5 N–H and O–H groups in total. The summed E-state index contributed by atoms with van der Waals surface area (Å²) in [7, 11) is 0. The summed E-state index contributed by atoms with van der Waals surface area (Å²) in [4.78, 5) is 27.9. The minimum atomic E-state index is -0.546. The number of aromatic nitrogens is 3. The second kappa shape index (κ2) is 7.03. The standard InChI is InChI=1S/C19H23N7O3/c27-14-3-1-2-12(14)22-15-7-16(20-8-10-4-5-10)26-17(24-15)11(9-21-26)6-13-18(28)25-19(29)23-13/h6-7,9-10,12,14,20,27H,1-5,8H2,(H,22,24)(H2,23,25,28,29)/b13-6-/t12-,14?/m0/s1. The lowest BCUT2D eigenvalue weighted by Gasteiger charge is -2.18. The fourth-order valence-electron chi connectivity index (χ4n) is 3.79. The number of aliphatic hydroxyl groups excluding tert-OH is 1. The van der Waals surface area contributed by atoms with Crippen molar-refractivity contribution in [3.8, 4) is 0 Å². The van der Waals surface area contributed by atoms with Crippen molar-refractivity contribution in [3.63, 3.8) is 0 Å². The highest BCUT2D eigenvalue weighted by Gasteiger charge is 2.27. The zero-order valence-electron chi connectivity index (χ0n) is 15.8. The topological polar surface area (TPSA) is 133 Å². The quantitative estimate of drug-likeness (QED) is 0.364. The summed E-state index contributed by atoms with van der Waals surface area (Å²) in [5.74, 6) is 1.63. The molecule has 3 amide bonds. The lowest BCUT2D eigenvalue weighted by Crippen LogP contribution is -2.28. The predicted molar refractivity (Wildman–Crippen MR) is 106 cm³/mol. The van der Waals surface area contributed by atoms with Gasteiger partial charge in [0.15, 0.2) is 5.65 Å². The number of imide groups is 1. The van der Waals surface area contributed by atoms with Crippen molar-refractivity contribution in [2.75, 3.05) is 17.2 Å². The van der Waals surface area contributed by atoms with E-state index in [9.17, 15) is 14.7 Å². The second-order valence-electron chi connectivity index (χ2n) is 7.90. The van der Waals surface area contributed by atoms with E-state index in [4.69, 9.17) is 0 Å². The lowest BCUT2D eigenvalue weighted by molar-refractivity contribution is -0.115. The first-order chi connectivity index (χ1) is 14.1. The fraction of sp³-hybridized carbons (Fsp3) is 0.474. The highest BCUT2D eigenvalue weighted by molar-refractivity contribution is 6.14. The van der Waals surface area contributed by atoms with E-state index in [1.165, 1.54) is 12.8 Å². The molecule has 5 rings (SSSR count). The molecule has 2 aliphatic carbocycles. The molecule has 2 saturated carbocycles. The molecule has 1 aliphatic heterocycles. The van der Waals surface area contributed by atoms with Crippen LogP contribution in [0.5, 0.6) is 0 Å². The number of nitrogens with one attached hydrogen (secondary N) is 4. The molecule has 3 aliphatic rings. The van der Waals surface area contributed by atoms with Crippen LogP contribution in [-0.2, 0) is 4.79 Å². The van der Waals surface area contributed by atoms with Crippen molar-refractivity contribution in [1.29, 1.82) is 0 Å². The van der Waals surface area contributed by atoms with Gasteiger partial charge in [0.25, 0.3) is 5.91 Å². The Balaban J connectivity index is 1.51. The number of hydrogen-bond acceptors (Lipinski definition) is 7. The number of urea groups is 1. The number of fused-ring (bicyclic) bond motifs is 1. The van der Waals surface area contributed by atoms with Gasteiger partial charge in [0.05, 0.1) is 18.3 Å². The number of amides is 3. The molecule has 0 radical (unpaired) electrons. The Morgan fingerprint density at radius 2 is 2.10 bits per heavy atom. The smallest absolute Gasteiger partial charge is 0.326 e. The highest BCUT2D eigenvalue weighted by Crippen LogP contribution is 2.30. The van der Waals surface area contributed by atoms with Gasteiger partial charge in [-0.25, -0.2) is 9.78 Å². The van der Waals surface area contributed by atoms with Crippen LogP contribution in [0.25, 0.3) is 11.7 Å².